The van der Waals surface area contributed by atoms with Crippen LogP contribution in [0.4, 0.5) is 0 Å². The lowest BCUT2D eigenvalue weighted by Crippen LogP contribution is -2.29. The fourth-order valence-electron chi connectivity index (χ4n) is 1.70. The molecule has 0 fully saturated rings. The Hall–Kier alpha value is -1.41. The molecule has 0 amide bonds. The average Bonchev–Trinajstić information content (AvgIpc) is 2.35. The Balaban J connectivity index is 2.64. The number of likely N-dealkylation sites (N-methyl/N-ethyl adjacent to an activating group) is 1. The van der Waals surface area contributed by atoms with Crippen LogP contribution in [-0.2, 0) is 11.3 Å². The van der Waals surface area contributed by atoms with Crippen LogP contribution in [0.5, 0.6) is 0 Å². The first-order valence-electron chi connectivity index (χ1n) is 6.03. The zero-order valence-corrected chi connectivity index (χ0v) is 11.3. The number of ether oxygens (including phenoxy) is 1. The van der Waals surface area contributed by atoms with Crippen LogP contribution in [0.1, 0.15) is 17.2 Å². The quantitative estimate of drug-likeness (QED) is 0.794. The van der Waals surface area contributed by atoms with Gasteiger partial charge in [0.1, 0.15) is 6.04 Å². The Labute approximate surface area is 109 Å². The highest BCUT2D eigenvalue weighted by atomic mass is 16.5. The number of hydrogen-bond donors (Lipinski definition) is 1. The van der Waals surface area contributed by atoms with Crippen LogP contribution in [-0.4, -0.2) is 39.2 Å². The van der Waals surface area contributed by atoms with Crippen LogP contribution in [0, 0.1) is 11.3 Å². The van der Waals surface area contributed by atoms with Gasteiger partial charge in [0.05, 0.1) is 12.7 Å². The molecule has 0 saturated heterocycles. The molecule has 0 aromatic heterocycles. The van der Waals surface area contributed by atoms with Gasteiger partial charge in [0.2, 0.25) is 0 Å². The van der Waals surface area contributed by atoms with Crippen LogP contribution < -0.4 is 5.32 Å². The van der Waals surface area contributed by atoms with Crippen molar-refractivity contribution in [3.05, 3.63) is 35.4 Å². The zero-order chi connectivity index (χ0) is 13.4. The summed E-state index contributed by atoms with van der Waals surface area (Å²) in [5, 5.41) is 12.5. The van der Waals surface area contributed by atoms with E-state index in [1.54, 1.807) is 7.11 Å². The molecule has 0 aliphatic rings. The van der Waals surface area contributed by atoms with Crippen LogP contribution in [0.2, 0.25) is 0 Å². The van der Waals surface area contributed by atoms with Gasteiger partial charge in [-0.2, -0.15) is 5.26 Å². The minimum Gasteiger partial charge on any atom is -0.380 e. The van der Waals surface area contributed by atoms with Crippen LogP contribution in [0.25, 0.3) is 0 Å². The topological polar surface area (TPSA) is 48.3 Å². The highest BCUT2D eigenvalue weighted by molar-refractivity contribution is 5.29. The molecule has 1 atom stereocenters. The van der Waals surface area contributed by atoms with Crippen molar-refractivity contribution in [3.8, 4) is 6.07 Å². The highest BCUT2D eigenvalue weighted by Crippen LogP contribution is 2.14. The molecular weight excluding hydrogens is 226 g/mol. The van der Waals surface area contributed by atoms with Gasteiger partial charge in [-0.05, 0) is 25.2 Å². The van der Waals surface area contributed by atoms with Gasteiger partial charge in [0.25, 0.3) is 0 Å². The Morgan fingerprint density at radius 3 is 2.83 bits per heavy atom. The van der Waals surface area contributed by atoms with Crippen molar-refractivity contribution in [1.82, 2.24) is 10.2 Å². The van der Waals surface area contributed by atoms with Crippen molar-refractivity contribution in [1.29, 1.82) is 5.26 Å². The number of rotatable bonds is 7. The monoisotopic (exact) mass is 247 g/mol. The second kappa shape index (κ2) is 7.83. The van der Waals surface area contributed by atoms with E-state index in [1.165, 1.54) is 0 Å². The Bertz CT molecular complexity index is 398. The molecule has 1 aromatic rings. The maximum absolute atomic E-state index is 9.21. The molecule has 1 N–H and O–H groups in total. The Kier molecular flexibility index (Phi) is 6.37. The predicted octanol–water partition coefficient (Wildman–Crippen LogP) is 1.55. The summed E-state index contributed by atoms with van der Waals surface area (Å²) in [6, 6.07) is 9.97. The number of methoxy groups -OCH3 is 1. The summed E-state index contributed by atoms with van der Waals surface area (Å²) in [5.74, 6) is 0. The highest BCUT2D eigenvalue weighted by Gasteiger charge is 2.09. The summed E-state index contributed by atoms with van der Waals surface area (Å²) in [6.45, 7) is 2.28. The fourth-order valence-corrected chi connectivity index (χ4v) is 1.70. The molecule has 1 unspecified atom stereocenters. The van der Waals surface area contributed by atoms with Gasteiger partial charge in [-0.3, -0.25) is 5.32 Å². The molecular formula is C14H21N3O. The average molecular weight is 247 g/mol. The number of nitriles is 1. The van der Waals surface area contributed by atoms with E-state index in [0.29, 0.717) is 6.61 Å². The lowest BCUT2D eigenvalue weighted by atomic mass is 10.1. The largest absolute Gasteiger partial charge is 0.380 e. The third kappa shape index (κ3) is 4.84. The molecule has 0 saturated carbocycles. The first-order chi connectivity index (χ1) is 8.67. The number of benzene rings is 1. The van der Waals surface area contributed by atoms with Gasteiger partial charge < -0.3 is 9.64 Å². The van der Waals surface area contributed by atoms with Gasteiger partial charge in [-0.25, -0.2) is 0 Å². The van der Waals surface area contributed by atoms with E-state index in [1.807, 2.05) is 38.4 Å². The van der Waals surface area contributed by atoms with Crippen molar-refractivity contribution in [3.63, 3.8) is 0 Å². The maximum atomic E-state index is 9.21. The lowest BCUT2D eigenvalue weighted by Gasteiger charge is -2.15. The standard InChI is InChI=1S/C14H21N3O/c1-17(2)8-7-16-14(10-15)13-6-4-5-12(9-13)11-18-3/h4-6,9,14,16H,7-8,11H2,1-3H3. The third-order valence-corrected chi connectivity index (χ3v) is 2.63. The van der Waals surface area contributed by atoms with Crippen molar-refractivity contribution >= 4 is 0 Å². The van der Waals surface area contributed by atoms with Gasteiger partial charge >= 0.3 is 0 Å². The molecule has 18 heavy (non-hydrogen) atoms. The van der Waals surface area contributed by atoms with E-state index in [9.17, 15) is 5.26 Å². The maximum Gasteiger partial charge on any atom is 0.121 e. The number of nitrogens with one attached hydrogen (secondary N) is 1. The molecule has 4 nitrogen and oxygen atoms in total. The molecule has 1 aromatic carbocycles. The Morgan fingerprint density at radius 1 is 1.44 bits per heavy atom. The molecule has 0 radical (unpaired) electrons. The SMILES string of the molecule is COCc1cccc(C(C#N)NCCN(C)C)c1. The first kappa shape index (κ1) is 14.7. The summed E-state index contributed by atoms with van der Waals surface area (Å²) < 4.78 is 5.10. The summed E-state index contributed by atoms with van der Waals surface area (Å²) in [4.78, 5) is 2.09. The van der Waals surface area contributed by atoms with E-state index in [4.69, 9.17) is 4.74 Å². The molecule has 98 valence electrons. The first-order valence-corrected chi connectivity index (χ1v) is 6.03. The number of nitrogens with zero attached hydrogens (tertiary/aromatic N) is 2. The smallest absolute Gasteiger partial charge is 0.121 e. The lowest BCUT2D eigenvalue weighted by molar-refractivity contribution is 0.185. The predicted molar refractivity (Wildman–Crippen MR) is 72.1 cm³/mol. The van der Waals surface area contributed by atoms with E-state index in [2.05, 4.69) is 16.3 Å². The van der Waals surface area contributed by atoms with Crippen LogP contribution >= 0.6 is 0 Å². The van der Waals surface area contributed by atoms with E-state index in [0.717, 1.165) is 24.2 Å². The summed E-state index contributed by atoms with van der Waals surface area (Å²) >= 11 is 0. The molecule has 0 bridgehead atoms. The Morgan fingerprint density at radius 2 is 2.22 bits per heavy atom. The molecule has 0 aliphatic carbocycles. The molecule has 0 spiro atoms. The normalized spacial score (nSPS) is 12.4. The van der Waals surface area contributed by atoms with Gasteiger partial charge in [0.15, 0.2) is 0 Å². The van der Waals surface area contributed by atoms with Gasteiger partial charge in [-0.1, -0.05) is 24.3 Å². The molecule has 0 aliphatic heterocycles. The zero-order valence-electron chi connectivity index (χ0n) is 11.3. The summed E-state index contributed by atoms with van der Waals surface area (Å²) in [6.07, 6.45) is 0. The van der Waals surface area contributed by atoms with Gasteiger partial charge in [0, 0.05) is 20.2 Å². The van der Waals surface area contributed by atoms with Crippen LogP contribution in [0.3, 0.4) is 0 Å². The van der Waals surface area contributed by atoms with Crippen molar-refractivity contribution < 1.29 is 4.74 Å². The molecule has 1 rings (SSSR count). The van der Waals surface area contributed by atoms with Crippen molar-refractivity contribution in [2.24, 2.45) is 0 Å². The summed E-state index contributed by atoms with van der Waals surface area (Å²) in [5.41, 5.74) is 2.08. The second-order valence-electron chi connectivity index (χ2n) is 4.50. The van der Waals surface area contributed by atoms with Crippen molar-refractivity contribution in [2.45, 2.75) is 12.6 Å². The second-order valence-corrected chi connectivity index (χ2v) is 4.50. The van der Waals surface area contributed by atoms with E-state index in [-0.39, 0.29) is 6.04 Å². The molecule has 4 heteroatoms. The van der Waals surface area contributed by atoms with Crippen molar-refractivity contribution in [2.75, 3.05) is 34.3 Å². The fraction of sp³-hybridized carbons (Fsp3) is 0.500. The van der Waals surface area contributed by atoms with E-state index >= 15 is 0 Å². The minimum absolute atomic E-state index is 0.262. The minimum atomic E-state index is -0.262. The van der Waals surface area contributed by atoms with Crippen LogP contribution in [0.15, 0.2) is 24.3 Å². The third-order valence-electron chi connectivity index (χ3n) is 2.63. The molecule has 0 heterocycles. The summed E-state index contributed by atoms with van der Waals surface area (Å²) in [7, 11) is 5.70. The number of hydrogen-bond acceptors (Lipinski definition) is 4. The van der Waals surface area contributed by atoms with Gasteiger partial charge in [-0.15, -0.1) is 0 Å². The van der Waals surface area contributed by atoms with E-state index < -0.39 is 0 Å².